The maximum absolute atomic E-state index is 11.3. The van der Waals surface area contributed by atoms with Crippen LogP contribution in [0.5, 0.6) is 11.5 Å². The summed E-state index contributed by atoms with van der Waals surface area (Å²) in [5, 5.41) is 14.6. The summed E-state index contributed by atoms with van der Waals surface area (Å²) in [6.07, 6.45) is 2.23. The number of likely N-dealkylation sites (tertiary alicyclic amines) is 1. The molecule has 1 fully saturated rings. The van der Waals surface area contributed by atoms with Crippen LogP contribution in [0.25, 0.3) is 0 Å². The van der Waals surface area contributed by atoms with E-state index in [1.165, 1.54) is 20.3 Å². The number of nitrogens with one attached hydrogen (secondary N) is 1. The summed E-state index contributed by atoms with van der Waals surface area (Å²) in [5.41, 5.74) is 0.726. The van der Waals surface area contributed by atoms with Crippen molar-refractivity contribution in [2.75, 3.05) is 34.4 Å². The van der Waals surface area contributed by atoms with Crippen molar-refractivity contribution in [1.82, 2.24) is 10.2 Å². The predicted octanol–water partition coefficient (Wildman–Crippen LogP) is 1.80. The van der Waals surface area contributed by atoms with E-state index in [2.05, 4.69) is 10.2 Å². The van der Waals surface area contributed by atoms with Crippen LogP contribution in [0.3, 0.4) is 0 Å². The molecule has 2 rings (SSSR count). The van der Waals surface area contributed by atoms with E-state index in [9.17, 15) is 10.1 Å². The highest BCUT2D eigenvalue weighted by Gasteiger charge is 2.24. The number of rotatable bonds is 6. The Bertz CT molecular complexity index is 536. The number of nitro benzene ring substituents is 1. The molecular formula is C15H23N3O4. The zero-order valence-electron chi connectivity index (χ0n) is 13.3. The zero-order valence-corrected chi connectivity index (χ0v) is 13.3. The Labute approximate surface area is 130 Å². The van der Waals surface area contributed by atoms with Gasteiger partial charge in [-0.2, -0.15) is 0 Å². The molecule has 1 aliphatic heterocycles. The van der Waals surface area contributed by atoms with Crippen LogP contribution in [-0.4, -0.2) is 50.2 Å². The SMILES string of the molecule is CNC1CCCN(Cc2cc(OC)c(OC)cc2[N+](=O)[O-])C1. The molecule has 0 aromatic heterocycles. The molecule has 1 unspecified atom stereocenters. The molecule has 7 nitrogen and oxygen atoms in total. The highest BCUT2D eigenvalue weighted by atomic mass is 16.6. The number of ether oxygens (including phenoxy) is 2. The minimum atomic E-state index is -0.364. The number of hydrogen-bond donors (Lipinski definition) is 1. The first-order valence-corrected chi connectivity index (χ1v) is 7.38. The van der Waals surface area contributed by atoms with E-state index in [0.29, 0.717) is 29.6 Å². The van der Waals surface area contributed by atoms with Gasteiger partial charge in [-0.05, 0) is 32.5 Å². The van der Waals surface area contributed by atoms with Crippen LogP contribution in [0.1, 0.15) is 18.4 Å². The van der Waals surface area contributed by atoms with Gasteiger partial charge in [-0.25, -0.2) is 0 Å². The van der Waals surface area contributed by atoms with Crippen molar-refractivity contribution < 1.29 is 14.4 Å². The normalized spacial score (nSPS) is 19.0. The minimum absolute atomic E-state index is 0.0734. The van der Waals surface area contributed by atoms with Gasteiger partial charge in [-0.3, -0.25) is 15.0 Å². The molecule has 7 heteroatoms. The van der Waals surface area contributed by atoms with Crippen molar-refractivity contribution in [2.45, 2.75) is 25.4 Å². The second-order valence-electron chi connectivity index (χ2n) is 5.46. The molecule has 0 amide bonds. The molecule has 1 atom stereocenters. The summed E-state index contributed by atoms with van der Waals surface area (Å²) in [7, 11) is 4.96. The smallest absolute Gasteiger partial charge is 0.277 e. The third kappa shape index (κ3) is 3.66. The van der Waals surface area contributed by atoms with Crippen LogP contribution in [-0.2, 0) is 6.54 Å². The molecule has 1 aromatic carbocycles. The summed E-state index contributed by atoms with van der Waals surface area (Å²) in [5.74, 6) is 0.898. The van der Waals surface area contributed by atoms with Gasteiger partial charge in [0.05, 0.1) is 25.2 Å². The van der Waals surface area contributed by atoms with Crippen molar-refractivity contribution in [3.63, 3.8) is 0 Å². The third-order valence-electron chi connectivity index (χ3n) is 4.09. The van der Waals surface area contributed by atoms with Crippen LogP contribution in [0, 0.1) is 10.1 Å². The van der Waals surface area contributed by atoms with Crippen LogP contribution in [0.2, 0.25) is 0 Å². The molecule has 22 heavy (non-hydrogen) atoms. The third-order valence-corrected chi connectivity index (χ3v) is 4.09. The lowest BCUT2D eigenvalue weighted by molar-refractivity contribution is -0.385. The van der Waals surface area contributed by atoms with Crippen LogP contribution in [0.15, 0.2) is 12.1 Å². The van der Waals surface area contributed by atoms with Gasteiger partial charge in [0.2, 0.25) is 0 Å². The van der Waals surface area contributed by atoms with Crippen LogP contribution >= 0.6 is 0 Å². The topological polar surface area (TPSA) is 76.9 Å². The highest BCUT2D eigenvalue weighted by Crippen LogP contribution is 2.35. The standard InChI is InChI=1S/C15H23N3O4/c1-16-12-5-4-6-17(10-12)9-11-7-14(21-2)15(22-3)8-13(11)18(19)20/h7-8,12,16H,4-6,9-10H2,1-3H3. The summed E-state index contributed by atoms with van der Waals surface area (Å²) < 4.78 is 10.4. The van der Waals surface area contributed by atoms with Crippen LogP contribution in [0.4, 0.5) is 5.69 Å². The molecule has 122 valence electrons. The Morgan fingerprint density at radius 3 is 2.64 bits per heavy atom. The minimum Gasteiger partial charge on any atom is -0.493 e. The largest absolute Gasteiger partial charge is 0.493 e. The molecule has 1 heterocycles. The van der Waals surface area contributed by atoms with E-state index < -0.39 is 0 Å². The van der Waals surface area contributed by atoms with E-state index in [1.807, 2.05) is 7.05 Å². The lowest BCUT2D eigenvalue weighted by Gasteiger charge is -2.32. The molecule has 0 radical (unpaired) electrons. The maximum Gasteiger partial charge on any atom is 0.277 e. The molecule has 1 aromatic rings. The fraction of sp³-hybridized carbons (Fsp3) is 0.600. The van der Waals surface area contributed by atoms with Gasteiger partial charge < -0.3 is 14.8 Å². The van der Waals surface area contributed by atoms with Crippen molar-refractivity contribution >= 4 is 5.69 Å². The van der Waals surface area contributed by atoms with Gasteiger partial charge in [0.1, 0.15) is 0 Å². The van der Waals surface area contributed by atoms with E-state index in [-0.39, 0.29) is 10.6 Å². The number of piperidine rings is 1. The Hall–Kier alpha value is -1.86. The van der Waals surface area contributed by atoms with Gasteiger partial charge in [0.25, 0.3) is 5.69 Å². The predicted molar refractivity (Wildman–Crippen MR) is 83.6 cm³/mol. The van der Waals surface area contributed by atoms with Gasteiger partial charge in [0.15, 0.2) is 11.5 Å². The first kappa shape index (κ1) is 16.5. The number of benzene rings is 1. The van der Waals surface area contributed by atoms with E-state index in [1.54, 1.807) is 6.07 Å². The monoisotopic (exact) mass is 309 g/mol. The molecular weight excluding hydrogens is 286 g/mol. The van der Waals surface area contributed by atoms with E-state index in [4.69, 9.17) is 9.47 Å². The Morgan fingerprint density at radius 1 is 1.36 bits per heavy atom. The van der Waals surface area contributed by atoms with E-state index in [0.717, 1.165) is 25.9 Å². The first-order chi connectivity index (χ1) is 10.6. The molecule has 0 spiro atoms. The molecule has 1 N–H and O–H groups in total. The van der Waals surface area contributed by atoms with Crippen molar-refractivity contribution in [3.05, 3.63) is 27.8 Å². The van der Waals surface area contributed by atoms with Crippen molar-refractivity contribution in [2.24, 2.45) is 0 Å². The summed E-state index contributed by atoms with van der Waals surface area (Å²) in [6, 6.07) is 3.58. The van der Waals surface area contributed by atoms with Gasteiger partial charge in [-0.1, -0.05) is 0 Å². The van der Waals surface area contributed by atoms with Gasteiger partial charge in [0, 0.05) is 24.7 Å². The zero-order chi connectivity index (χ0) is 16.1. The summed E-state index contributed by atoms with van der Waals surface area (Å²) in [4.78, 5) is 13.2. The van der Waals surface area contributed by atoms with Crippen LogP contribution < -0.4 is 14.8 Å². The van der Waals surface area contributed by atoms with E-state index >= 15 is 0 Å². The van der Waals surface area contributed by atoms with Crippen molar-refractivity contribution in [3.8, 4) is 11.5 Å². The number of nitrogens with zero attached hydrogens (tertiary/aromatic N) is 2. The summed E-state index contributed by atoms with van der Waals surface area (Å²) in [6.45, 7) is 2.38. The Balaban J connectivity index is 2.26. The second kappa shape index (κ2) is 7.42. The Morgan fingerprint density at radius 2 is 2.05 bits per heavy atom. The fourth-order valence-corrected chi connectivity index (χ4v) is 2.88. The average Bonchev–Trinajstić information content (AvgIpc) is 2.54. The number of hydrogen-bond acceptors (Lipinski definition) is 6. The molecule has 1 saturated heterocycles. The van der Waals surface area contributed by atoms with Gasteiger partial charge in [-0.15, -0.1) is 0 Å². The first-order valence-electron chi connectivity index (χ1n) is 7.38. The number of likely N-dealkylation sites (N-methyl/N-ethyl adjacent to an activating group) is 1. The number of nitro groups is 1. The van der Waals surface area contributed by atoms with Gasteiger partial charge >= 0.3 is 0 Å². The highest BCUT2D eigenvalue weighted by molar-refractivity contribution is 5.54. The number of methoxy groups -OCH3 is 2. The lowest BCUT2D eigenvalue weighted by atomic mass is 10.0. The summed E-state index contributed by atoms with van der Waals surface area (Å²) >= 11 is 0. The molecule has 1 aliphatic rings. The molecule has 0 bridgehead atoms. The van der Waals surface area contributed by atoms with Crippen molar-refractivity contribution in [1.29, 1.82) is 0 Å². The lowest BCUT2D eigenvalue weighted by Crippen LogP contribution is -2.43. The maximum atomic E-state index is 11.3. The Kier molecular flexibility index (Phi) is 5.57. The molecule has 0 aliphatic carbocycles. The second-order valence-corrected chi connectivity index (χ2v) is 5.46. The molecule has 0 saturated carbocycles. The fourth-order valence-electron chi connectivity index (χ4n) is 2.88. The average molecular weight is 309 g/mol. The quantitative estimate of drug-likeness (QED) is 0.638.